The average Bonchev–Trinajstić information content (AvgIpc) is 3.75. The number of nitrogens with one attached hydrogen (secondary N) is 7. The van der Waals surface area contributed by atoms with Crippen molar-refractivity contribution in [2.75, 3.05) is 31.1 Å². The maximum atomic E-state index is 13.7. The second-order valence-electron chi connectivity index (χ2n) is 15.8. The molecular weight excluding hydrogens is 879 g/mol. The molecule has 0 aromatic heterocycles. The van der Waals surface area contributed by atoms with Crippen molar-refractivity contribution in [3.05, 3.63) is 29.8 Å². The van der Waals surface area contributed by atoms with Crippen molar-refractivity contribution >= 4 is 84.5 Å². The molecule has 0 bridgehead atoms. The molecule has 1 aliphatic rings. The van der Waals surface area contributed by atoms with Crippen LogP contribution in [0, 0.1) is 11.8 Å². The molecule has 1 aromatic rings. The van der Waals surface area contributed by atoms with Crippen LogP contribution in [0.2, 0.25) is 0 Å². The highest BCUT2D eigenvalue weighted by atomic mass is 32.1. The molecular formula is C40H61N9O13S2. The lowest BCUT2D eigenvalue weighted by Gasteiger charge is -2.30. The summed E-state index contributed by atoms with van der Waals surface area (Å²) in [7, 11) is 0. The fourth-order valence-electron chi connectivity index (χ4n) is 6.52. The number of benzene rings is 1. The number of aliphatic carboxylic acids is 2. The van der Waals surface area contributed by atoms with Crippen molar-refractivity contribution in [3.8, 4) is 5.75 Å². The largest absolute Gasteiger partial charge is 0.508 e. The van der Waals surface area contributed by atoms with Crippen LogP contribution in [-0.2, 0) is 54.4 Å². The van der Waals surface area contributed by atoms with Gasteiger partial charge in [-0.3, -0.25) is 47.9 Å². The van der Waals surface area contributed by atoms with Crippen LogP contribution in [0.1, 0.15) is 65.4 Å². The number of likely N-dealkylation sites (tertiary alicyclic amines) is 1. The number of amides is 8. The SMILES string of the molecule is CC[C@H](C)[C@H](NC(=O)[C@H](Cc1ccc(O)cc1)NC(=O)[C@@H](N)CS)C(=O)NCC(=O)N[C@@H](CC(=O)O)C(=O)N[C@@H](CS)C(=O)N1CCC[C@H]1C(=O)N[C@@H](CC(C)C)C(=O)NCC(=O)O. The van der Waals surface area contributed by atoms with Crippen molar-refractivity contribution in [1.82, 2.24) is 42.1 Å². The van der Waals surface area contributed by atoms with Gasteiger partial charge >= 0.3 is 11.9 Å². The molecule has 1 saturated heterocycles. The van der Waals surface area contributed by atoms with Crippen molar-refractivity contribution in [2.24, 2.45) is 17.6 Å². The first kappa shape index (κ1) is 54.5. The first-order valence-electron chi connectivity index (χ1n) is 20.7. The van der Waals surface area contributed by atoms with Gasteiger partial charge in [-0.1, -0.05) is 46.2 Å². The molecule has 1 fully saturated rings. The van der Waals surface area contributed by atoms with E-state index in [1.165, 1.54) is 17.0 Å². The van der Waals surface area contributed by atoms with Gasteiger partial charge < -0.3 is 63.2 Å². The van der Waals surface area contributed by atoms with Gasteiger partial charge in [0, 0.05) is 24.5 Å². The number of rotatable bonds is 26. The van der Waals surface area contributed by atoms with Gasteiger partial charge in [-0.2, -0.15) is 25.3 Å². The number of carboxylic acid groups (broad SMARTS) is 2. The molecule has 8 atom stereocenters. The average molecular weight is 940 g/mol. The maximum Gasteiger partial charge on any atom is 0.322 e. The van der Waals surface area contributed by atoms with Crippen LogP contribution in [0.3, 0.4) is 0 Å². The fraction of sp³-hybridized carbons (Fsp3) is 0.600. The zero-order valence-corrected chi connectivity index (χ0v) is 37.9. The highest BCUT2D eigenvalue weighted by molar-refractivity contribution is 7.80. The zero-order valence-electron chi connectivity index (χ0n) is 36.1. The van der Waals surface area contributed by atoms with Gasteiger partial charge in [-0.25, -0.2) is 0 Å². The molecule has 12 N–H and O–H groups in total. The number of carbonyl (C=O) groups is 10. The third-order valence-electron chi connectivity index (χ3n) is 10.2. The van der Waals surface area contributed by atoms with Crippen LogP contribution >= 0.6 is 25.3 Å². The van der Waals surface area contributed by atoms with Crippen LogP contribution in [-0.4, -0.2) is 153 Å². The van der Waals surface area contributed by atoms with Gasteiger partial charge in [0.25, 0.3) is 0 Å². The number of carboxylic acids is 2. The first-order valence-corrected chi connectivity index (χ1v) is 21.9. The van der Waals surface area contributed by atoms with E-state index in [2.05, 4.69) is 62.5 Å². The van der Waals surface area contributed by atoms with Gasteiger partial charge in [0.2, 0.25) is 47.3 Å². The van der Waals surface area contributed by atoms with Crippen molar-refractivity contribution in [2.45, 2.75) is 109 Å². The van der Waals surface area contributed by atoms with E-state index < -0.39 is 127 Å². The van der Waals surface area contributed by atoms with E-state index in [4.69, 9.17) is 10.8 Å². The number of nitrogens with two attached hydrogens (primary N) is 1. The Labute approximate surface area is 381 Å². The molecule has 22 nitrogen and oxygen atoms in total. The smallest absolute Gasteiger partial charge is 0.322 e. The molecule has 24 heteroatoms. The summed E-state index contributed by atoms with van der Waals surface area (Å²) in [5.74, 6) is -10.2. The Bertz CT molecular complexity index is 1840. The molecule has 1 aromatic carbocycles. The van der Waals surface area contributed by atoms with Crippen molar-refractivity contribution in [3.63, 3.8) is 0 Å². The Kier molecular flexibility index (Phi) is 22.9. The topological polar surface area (TPSA) is 345 Å². The molecule has 8 amide bonds. The number of aromatic hydroxyl groups is 1. The fourth-order valence-corrected chi connectivity index (χ4v) is 6.93. The van der Waals surface area contributed by atoms with E-state index in [0.29, 0.717) is 18.4 Å². The molecule has 0 saturated carbocycles. The Balaban J connectivity index is 2.16. The van der Waals surface area contributed by atoms with E-state index in [1.54, 1.807) is 39.8 Å². The summed E-state index contributed by atoms with van der Waals surface area (Å²) in [5.41, 5.74) is 6.36. The van der Waals surface area contributed by atoms with Crippen LogP contribution in [0.5, 0.6) is 5.75 Å². The number of nitrogens with zero attached hydrogens (tertiary/aromatic N) is 1. The molecule has 356 valence electrons. The summed E-state index contributed by atoms with van der Waals surface area (Å²) in [6.45, 7) is 5.64. The van der Waals surface area contributed by atoms with E-state index in [9.17, 15) is 58.2 Å². The third-order valence-corrected chi connectivity index (χ3v) is 10.9. The second-order valence-corrected chi connectivity index (χ2v) is 16.5. The predicted molar refractivity (Wildman–Crippen MR) is 237 cm³/mol. The van der Waals surface area contributed by atoms with E-state index in [1.807, 2.05) is 0 Å². The summed E-state index contributed by atoms with van der Waals surface area (Å²) in [6.07, 6.45) is 0.132. The van der Waals surface area contributed by atoms with Crippen LogP contribution in [0.25, 0.3) is 0 Å². The molecule has 0 aliphatic carbocycles. The molecule has 0 spiro atoms. The van der Waals surface area contributed by atoms with Crippen LogP contribution in [0.15, 0.2) is 24.3 Å². The summed E-state index contributed by atoms with van der Waals surface area (Å²) in [6, 6.07) is -2.99. The van der Waals surface area contributed by atoms with Crippen molar-refractivity contribution in [1.29, 1.82) is 0 Å². The number of phenolic OH excluding ortho intramolecular Hbond substituents is 1. The van der Waals surface area contributed by atoms with Gasteiger partial charge in [-0.15, -0.1) is 0 Å². The quantitative estimate of drug-likeness (QED) is 0.0425. The highest BCUT2D eigenvalue weighted by Crippen LogP contribution is 2.20. The lowest BCUT2D eigenvalue weighted by Crippen LogP contribution is -2.59. The Hall–Kier alpha value is -5.62. The molecule has 0 unspecified atom stereocenters. The Morgan fingerprint density at radius 2 is 1.34 bits per heavy atom. The van der Waals surface area contributed by atoms with Gasteiger partial charge in [0.15, 0.2) is 0 Å². The second kappa shape index (κ2) is 26.9. The summed E-state index contributed by atoms with van der Waals surface area (Å²) in [5, 5.41) is 45.2. The van der Waals surface area contributed by atoms with E-state index in [0.717, 1.165) is 0 Å². The number of carbonyl (C=O) groups excluding carboxylic acids is 8. The summed E-state index contributed by atoms with van der Waals surface area (Å²) in [4.78, 5) is 130. The Morgan fingerprint density at radius 3 is 1.91 bits per heavy atom. The van der Waals surface area contributed by atoms with Crippen LogP contribution < -0.4 is 43.0 Å². The molecule has 64 heavy (non-hydrogen) atoms. The minimum absolute atomic E-state index is 0.0233. The standard InChI is InChI=1S/C40H61N9O13S2/c1-5-21(4)33(48-37(59)26(45-34(56)24(41)18-63)14-22-8-10-23(50)11-9-22)39(61)42-16-30(51)44-27(15-31(52)53)36(58)47-28(19-64)40(62)49-12-6-7-29(49)38(60)46-25(13-20(2)3)35(57)43-17-32(54)55/h8-11,20-21,24-29,33,50,63-64H,5-7,12-19,41H2,1-4H3,(H,42,61)(H,43,57)(H,44,51)(H,45,56)(H,46,60)(H,47,58)(H,48,59)(H,52,53)(H,54,55)/t21-,24-,25-,26-,27-,28-,29-,33-/m0/s1. The summed E-state index contributed by atoms with van der Waals surface area (Å²) < 4.78 is 0. The minimum Gasteiger partial charge on any atom is -0.508 e. The number of hydrogen-bond acceptors (Lipinski definition) is 14. The molecule has 1 heterocycles. The monoisotopic (exact) mass is 939 g/mol. The lowest BCUT2D eigenvalue weighted by atomic mass is 9.97. The van der Waals surface area contributed by atoms with Gasteiger partial charge in [0.05, 0.1) is 19.0 Å². The van der Waals surface area contributed by atoms with Crippen molar-refractivity contribution < 1.29 is 63.3 Å². The lowest BCUT2D eigenvalue weighted by molar-refractivity contribution is -0.143. The minimum atomic E-state index is -1.76. The van der Waals surface area contributed by atoms with Gasteiger partial charge in [-0.05, 0) is 48.8 Å². The maximum absolute atomic E-state index is 13.7. The first-order chi connectivity index (χ1) is 30.1. The normalized spacial score (nSPS) is 16.7. The highest BCUT2D eigenvalue weighted by Gasteiger charge is 2.40. The van der Waals surface area contributed by atoms with Crippen LogP contribution in [0.4, 0.5) is 0 Å². The molecule has 1 aliphatic heterocycles. The predicted octanol–water partition coefficient (Wildman–Crippen LogP) is -2.58. The number of thiol groups is 2. The van der Waals surface area contributed by atoms with Gasteiger partial charge in [0.1, 0.15) is 48.5 Å². The van der Waals surface area contributed by atoms with E-state index in [-0.39, 0.29) is 49.0 Å². The van der Waals surface area contributed by atoms with E-state index >= 15 is 0 Å². The number of hydrogen-bond donors (Lipinski definition) is 13. The third kappa shape index (κ3) is 17.9. The molecule has 2 rings (SSSR count). The Morgan fingerprint density at radius 1 is 0.734 bits per heavy atom. The zero-order chi connectivity index (χ0) is 48.3. The number of phenols is 1. The summed E-state index contributed by atoms with van der Waals surface area (Å²) >= 11 is 8.21. The molecule has 0 radical (unpaired) electrons.